The van der Waals surface area contributed by atoms with Crippen LogP contribution >= 0.6 is 0 Å². The Hall–Kier alpha value is -0.0800. The highest BCUT2D eigenvalue weighted by Crippen LogP contribution is 2.02. The molecule has 9 heavy (non-hydrogen) atoms. The molecule has 0 heterocycles. The summed E-state index contributed by atoms with van der Waals surface area (Å²) < 4.78 is 0. The summed E-state index contributed by atoms with van der Waals surface area (Å²) in [6.45, 7) is 4.93. The van der Waals surface area contributed by atoms with Crippen LogP contribution < -0.4 is 5.32 Å². The van der Waals surface area contributed by atoms with Gasteiger partial charge in [-0.3, -0.25) is 0 Å². The molecule has 2 nitrogen and oxygen atoms in total. The van der Waals surface area contributed by atoms with Crippen molar-refractivity contribution >= 4 is 0 Å². The van der Waals surface area contributed by atoms with E-state index in [1.54, 1.807) is 0 Å². The Morgan fingerprint density at radius 1 is 1.44 bits per heavy atom. The van der Waals surface area contributed by atoms with Crippen LogP contribution in [0.25, 0.3) is 0 Å². The van der Waals surface area contributed by atoms with Crippen LogP contribution in [0.5, 0.6) is 0 Å². The van der Waals surface area contributed by atoms with Gasteiger partial charge in [-0.05, 0) is 19.4 Å². The average Bonchev–Trinajstić information content (AvgIpc) is 1.63. The molecule has 0 bridgehead atoms. The molecule has 2 heteroatoms. The minimum Gasteiger partial charge on any atom is -0.392 e. The van der Waals surface area contributed by atoms with Gasteiger partial charge in [0.1, 0.15) is 0 Å². The minimum absolute atomic E-state index is 0.171. The Bertz CT molecular complexity index is 63.9. The number of rotatable bonds is 4. The first kappa shape index (κ1) is 8.92. The standard InChI is InChI=1S/C7H17NO/c1-6(2)4-7(9)5-8-3/h6-9H,4-5H2,1-3H3/t7-/m1/s1. The van der Waals surface area contributed by atoms with E-state index >= 15 is 0 Å². The van der Waals surface area contributed by atoms with Crippen LogP contribution in [0.4, 0.5) is 0 Å². The molecule has 0 rings (SSSR count). The van der Waals surface area contributed by atoms with Crippen LogP contribution in [0, 0.1) is 5.92 Å². The van der Waals surface area contributed by atoms with Gasteiger partial charge in [0.2, 0.25) is 0 Å². The van der Waals surface area contributed by atoms with E-state index in [1.807, 2.05) is 7.05 Å². The van der Waals surface area contributed by atoms with Crippen LogP contribution in [0.3, 0.4) is 0 Å². The molecule has 0 aromatic heterocycles. The SMILES string of the molecule is CNC[C@H](O)CC(C)C. The van der Waals surface area contributed by atoms with Crippen molar-refractivity contribution in [1.29, 1.82) is 0 Å². The number of hydrogen-bond acceptors (Lipinski definition) is 2. The van der Waals surface area contributed by atoms with Gasteiger partial charge in [0.25, 0.3) is 0 Å². The van der Waals surface area contributed by atoms with Crippen molar-refractivity contribution in [3.05, 3.63) is 0 Å². The lowest BCUT2D eigenvalue weighted by Gasteiger charge is -2.11. The fraction of sp³-hybridized carbons (Fsp3) is 1.00. The van der Waals surface area contributed by atoms with Gasteiger partial charge in [-0.25, -0.2) is 0 Å². The van der Waals surface area contributed by atoms with E-state index in [4.69, 9.17) is 5.11 Å². The summed E-state index contributed by atoms with van der Waals surface area (Å²) in [6, 6.07) is 0. The first-order valence-electron chi connectivity index (χ1n) is 3.49. The molecule has 0 saturated carbocycles. The second-order valence-corrected chi connectivity index (χ2v) is 2.84. The Balaban J connectivity index is 3.15. The van der Waals surface area contributed by atoms with E-state index in [9.17, 15) is 0 Å². The highest BCUT2D eigenvalue weighted by Gasteiger charge is 2.03. The quantitative estimate of drug-likeness (QED) is 0.586. The van der Waals surface area contributed by atoms with Crippen molar-refractivity contribution in [2.75, 3.05) is 13.6 Å². The topological polar surface area (TPSA) is 32.3 Å². The third kappa shape index (κ3) is 5.80. The van der Waals surface area contributed by atoms with E-state index in [2.05, 4.69) is 19.2 Å². The predicted molar refractivity (Wildman–Crippen MR) is 39.4 cm³/mol. The normalized spacial score (nSPS) is 14.3. The molecule has 56 valence electrons. The van der Waals surface area contributed by atoms with E-state index < -0.39 is 0 Å². The minimum atomic E-state index is -0.171. The van der Waals surface area contributed by atoms with Gasteiger partial charge >= 0.3 is 0 Å². The summed E-state index contributed by atoms with van der Waals surface area (Å²) in [5.74, 6) is 0.591. The van der Waals surface area contributed by atoms with E-state index in [0.29, 0.717) is 12.5 Å². The van der Waals surface area contributed by atoms with Crippen LogP contribution in [-0.2, 0) is 0 Å². The molecule has 1 atom stereocenters. The molecule has 0 fully saturated rings. The van der Waals surface area contributed by atoms with Crippen LogP contribution in [0.15, 0.2) is 0 Å². The summed E-state index contributed by atoms with van der Waals surface area (Å²) in [4.78, 5) is 0. The van der Waals surface area contributed by atoms with Gasteiger partial charge in [-0.2, -0.15) is 0 Å². The Kier molecular flexibility index (Phi) is 4.72. The molecular formula is C7H17NO. The molecule has 0 aliphatic carbocycles. The number of aliphatic hydroxyl groups is 1. The lowest BCUT2D eigenvalue weighted by molar-refractivity contribution is 0.149. The smallest absolute Gasteiger partial charge is 0.0666 e. The maximum atomic E-state index is 9.16. The molecule has 0 aromatic rings. The summed E-state index contributed by atoms with van der Waals surface area (Å²) in [6.07, 6.45) is 0.718. The van der Waals surface area contributed by atoms with Crippen LogP contribution in [-0.4, -0.2) is 24.8 Å². The lowest BCUT2D eigenvalue weighted by atomic mass is 10.1. The van der Waals surface area contributed by atoms with Crippen LogP contribution in [0.2, 0.25) is 0 Å². The largest absolute Gasteiger partial charge is 0.392 e. The van der Waals surface area contributed by atoms with Crippen molar-refractivity contribution in [3.8, 4) is 0 Å². The fourth-order valence-electron chi connectivity index (χ4n) is 0.863. The van der Waals surface area contributed by atoms with Crippen molar-refractivity contribution < 1.29 is 5.11 Å². The molecular weight excluding hydrogens is 114 g/mol. The zero-order valence-electron chi connectivity index (χ0n) is 6.52. The zero-order valence-corrected chi connectivity index (χ0v) is 6.52. The zero-order chi connectivity index (χ0) is 7.28. The highest BCUT2D eigenvalue weighted by molar-refractivity contribution is 4.59. The maximum Gasteiger partial charge on any atom is 0.0666 e. The lowest BCUT2D eigenvalue weighted by Crippen LogP contribution is -2.24. The van der Waals surface area contributed by atoms with E-state index in [1.165, 1.54) is 0 Å². The molecule has 0 saturated heterocycles. The molecule has 0 aliphatic heterocycles. The second-order valence-electron chi connectivity index (χ2n) is 2.84. The number of nitrogens with one attached hydrogen (secondary N) is 1. The van der Waals surface area contributed by atoms with Crippen molar-refractivity contribution in [2.24, 2.45) is 5.92 Å². The maximum absolute atomic E-state index is 9.16. The summed E-state index contributed by atoms with van der Waals surface area (Å²) >= 11 is 0. The van der Waals surface area contributed by atoms with Gasteiger partial charge in [-0.15, -0.1) is 0 Å². The summed E-state index contributed by atoms with van der Waals surface area (Å²) in [5.41, 5.74) is 0. The van der Waals surface area contributed by atoms with E-state index in [0.717, 1.165) is 6.42 Å². The number of hydrogen-bond donors (Lipinski definition) is 2. The summed E-state index contributed by atoms with van der Waals surface area (Å²) in [5, 5.41) is 12.1. The first-order valence-corrected chi connectivity index (χ1v) is 3.49. The van der Waals surface area contributed by atoms with Gasteiger partial charge in [0.05, 0.1) is 6.10 Å². The molecule has 0 amide bonds. The third-order valence-electron chi connectivity index (χ3n) is 1.18. The fourth-order valence-corrected chi connectivity index (χ4v) is 0.863. The monoisotopic (exact) mass is 131 g/mol. The van der Waals surface area contributed by atoms with Crippen molar-refractivity contribution in [1.82, 2.24) is 5.32 Å². The van der Waals surface area contributed by atoms with Gasteiger partial charge < -0.3 is 10.4 Å². The first-order chi connectivity index (χ1) is 4.16. The Morgan fingerprint density at radius 2 is 2.00 bits per heavy atom. The molecule has 0 spiro atoms. The molecule has 0 aliphatic rings. The van der Waals surface area contributed by atoms with Gasteiger partial charge in [0, 0.05) is 6.54 Å². The van der Waals surface area contributed by atoms with Crippen molar-refractivity contribution in [3.63, 3.8) is 0 Å². The molecule has 0 aromatic carbocycles. The van der Waals surface area contributed by atoms with Gasteiger partial charge in [-0.1, -0.05) is 13.8 Å². The number of aliphatic hydroxyl groups excluding tert-OH is 1. The predicted octanol–water partition coefficient (Wildman–Crippen LogP) is 0.613. The van der Waals surface area contributed by atoms with E-state index in [-0.39, 0.29) is 6.10 Å². The molecule has 2 N–H and O–H groups in total. The molecule has 0 radical (unpaired) electrons. The Labute approximate surface area is 57.3 Å². The second kappa shape index (κ2) is 4.77. The molecule has 0 unspecified atom stereocenters. The summed E-state index contributed by atoms with van der Waals surface area (Å²) in [7, 11) is 1.85. The highest BCUT2D eigenvalue weighted by atomic mass is 16.3. The average molecular weight is 131 g/mol. The number of likely N-dealkylation sites (N-methyl/N-ethyl adjacent to an activating group) is 1. The van der Waals surface area contributed by atoms with Crippen LogP contribution in [0.1, 0.15) is 20.3 Å². The van der Waals surface area contributed by atoms with Gasteiger partial charge in [0.15, 0.2) is 0 Å². The van der Waals surface area contributed by atoms with Crippen molar-refractivity contribution in [2.45, 2.75) is 26.4 Å². The Morgan fingerprint density at radius 3 is 2.33 bits per heavy atom. The third-order valence-corrected chi connectivity index (χ3v) is 1.18.